The molecule has 0 fully saturated rings. The Kier molecular flexibility index (Phi) is 5.55. The molecule has 0 spiro atoms. The molecule has 20 heavy (non-hydrogen) atoms. The fourth-order valence-electron chi connectivity index (χ4n) is 1.77. The third-order valence-corrected chi connectivity index (χ3v) is 3.58. The van der Waals surface area contributed by atoms with Gasteiger partial charge in [-0.3, -0.25) is 9.67 Å². The van der Waals surface area contributed by atoms with Crippen molar-refractivity contribution in [2.24, 2.45) is 4.99 Å². The molecule has 0 bridgehead atoms. The van der Waals surface area contributed by atoms with Crippen LogP contribution in [0, 0.1) is 6.92 Å². The summed E-state index contributed by atoms with van der Waals surface area (Å²) in [5.41, 5.74) is 1.13. The summed E-state index contributed by atoms with van der Waals surface area (Å²) in [7, 11) is 1.77. The molecule has 0 radical (unpaired) electrons. The molecule has 2 N–H and O–H groups in total. The van der Waals surface area contributed by atoms with Gasteiger partial charge in [0.1, 0.15) is 0 Å². The van der Waals surface area contributed by atoms with E-state index in [2.05, 4.69) is 31.1 Å². The Morgan fingerprint density at radius 2 is 2.25 bits per heavy atom. The Labute approximate surface area is 123 Å². The molecule has 2 aromatic heterocycles. The van der Waals surface area contributed by atoms with E-state index in [1.54, 1.807) is 24.6 Å². The second kappa shape index (κ2) is 7.64. The number of aromatic nitrogens is 3. The van der Waals surface area contributed by atoms with E-state index in [1.165, 1.54) is 0 Å². The highest BCUT2D eigenvalue weighted by molar-refractivity contribution is 7.09. The number of aryl methyl sites for hydroxylation is 1. The van der Waals surface area contributed by atoms with E-state index in [9.17, 15) is 0 Å². The van der Waals surface area contributed by atoms with Crippen molar-refractivity contribution in [3.63, 3.8) is 0 Å². The van der Waals surface area contributed by atoms with Crippen LogP contribution in [0.5, 0.6) is 0 Å². The van der Waals surface area contributed by atoms with Crippen LogP contribution in [-0.2, 0) is 13.0 Å². The lowest BCUT2D eigenvalue weighted by Crippen LogP contribution is -2.39. The van der Waals surface area contributed by atoms with Gasteiger partial charge in [0.25, 0.3) is 0 Å². The van der Waals surface area contributed by atoms with E-state index in [1.807, 2.05) is 23.9 Å². The van der Waals surface area contributed by atoms with Gasteiger partial charge in [-0.1, -0.05) is 0 Å². The maximum atomic E-state index is 4.44. The van der Waals surface area contributed by atoms with Crippen LogP contribution < -0.4 is 10.6 Å². The SMILES string of the molecule is CN=C(NCCc1csc(C)n1)NCCn1cccn1. The fraction of sp³-hybridized carbons (Fsp3) is 0.462. The van der Waals surface area contributed by atoms with Crippen LogP contribution in [0.1, 0.15) is 10.7 Å². The van der Waals surface area contributed by atoms with E-state index >= 15 is 0 Å². The summed E-state index contributed by atoms with van der Waals surface area (Å²) in [4.78, 5) is 8.63. The van der Waals surface area contributed by atoms with Crippen molar-refractivity contribution >= 4 is 17.3 Å². The van der Waals surface area contributed by atoms with Crippen LogP contribution in [0.4, 0.5) is 0 Å². The summed E-state index contributed by atoms with van der Waals surface area (Å²) in [5, 5.41) is 13.9. The maximum absolute atomic E-state index is 4.44. The highest BCUT2D eigenvalue weighted by Gasteiger charge is 2.00. The summed E-state index contributed by atoms with van der Waals surface area (Å²) in [5.74, 6) is 0.809. The molecule has 0 aliphatic heterocycles. The van der Waals surface area contributed by atoms with Crippen LogP contribution in [0.25, 0.3) is 0 Å². The minimum atomic E-state index is 0.789. The number of hydrogen-bond acceptors (Lipinski definition) is 4. The Balaban J connectivity index is 1.65. The predicted molar refractivity (Wildman–Crippen MR) is 82.1 cm³/mol. The lowest BCUT2D eigenvalue weighted by Gasteiger charge is -2.11. The molecule has 6 nitrogen and oxygen atoms in total. The van der Waals surface area contributed by atoms with Gasteiger partial charge in [-0.2, -0.15) is 5.10 Å². The van der Waals surface area contributed by atoms with Crippen LogP contribution in [0.2, 0.25) is 0 Å². The Morgan fingerprint density at radius 1 is 1.40 bits per heavy atom. The molecule has 0 saturated heterocycles. The lowest BCUT2D eigenvalue weighted by molar-refractivity contribution is 0.597. The summed E-state index contributed by atoms with van der Waals surface area (Å²) >= 11 is 1.69. The molecule has 108 valence electrons. The molecule has 7 heteroatoms. The molecule has 0 atom stereocenters. The number of aliphatic imine (C=N–C) groups is 1. The minimum Gasteiger partial charge on any atom is -0.356 e. The molecule has 0 amide bonds. The van der Waals surface area contributed by atoms with Gasteiger partial charge in [0.2, 0.25) is 0 Å². The molecule has 0 saturated carbocycles. The van der Waals surface area contributed by atoms with Crippen LogP contribution in [0.3, 0.4) is 0 Å². The number of hydrogen-bond donors (Lipinski definition) is 2. The van der Waals surface area contributed by atoms with E-state index in [0.717, 1.165) is 42.7 Å². The van der Waals surface area contributed by atoms with E-state index in [-0.39, 0.29) is 0 Å². The molecule has 0 aromatic carbocycles. The molecule has 0 aliphatic carbocycles. The molecule has 2 aromatic rings. The standard InChI is InChI=1S/C13H20N6S/c1-11-18-12(10-20-11)4-6-15-13(14-2)16-7-9-19-8-3-5-17-19/h3,5,8,10H,4,6-7,9H2,1-2H3,(H2,14,15,16). The summed E-state index contributed by atoms with van der Waals surface area (Å²) < 4.78 is 1.89. The van der Waals surface area contributed by atoms with Crippen LogP contribution in [0.15, 0.2) is 28.8 Å². The quantitative estimate of drug-likeness (QED) is 0.617. The monoisotopic (exact) mass is 292 g/mol. The first kappa shape index (κ1) is 14.5. The zero-order valence-corrected chi connectivity index (χ0v) is 12.7. The molecule has 0 unspecified atom stereocenters. The summed E-state index contributed by atoms with van der Waals surface area (Å²) in [6.45, 7) is 4.46. The van der Waals surface area contributed by atoms with Gasteiger partial charge < -0.3 is 10.6 Å². The first-order valence-corrected chi connectivity index (χ1v) is 7.49. The maximum Gasteiger partial charge on any atom is 0.191 e. The molecule has 0 aliphatic rings. The Bertz CT molecular complexity index is 531. The number of guanidine groups is 1. The van der Waals surface area contributed by atoms with E-state index in [4.69, 9.17) is 0 Å². The molecular weight excluding hydrogens is 272 g/mol. The topological polar surface area (TPSA) is 67.1 Å². The lowest BCUT2D eigenvalue weighted by atomic mass is 10.3. The van der Waals surface area contributed by atoms with Gasteiger partial charge in [0.15, 0.2) is 5.96 Å². The Hall–Kier alpha value is -1.89. The molecule has 2 rings (SSSR count). The van der Waals surface area contributed by atoms with Crippen LogP contribution >= 0.6 is 11.3 Å². The average Bonchev–Trinajstić information content (AvgIpc) is 3.09. The average molecular weight is 292 g/mol. The fourth-order valence-corrected chi connectivity index (χ4v) is 2.42. The van der Waals surface area contributed by atoms with Crippen molar-refractivity contribution in [2.75, 3.05) is 20.1 Å². The molecule has 2 heterocycles. The third-order valence-electron chi connectivity index (χ3n) is 2.76. The van der Waals surface area contributed by atoms with Crippen molar-refractivity contribution in [1.82, 2.24) is 25.4 Å². The normalized spacial score (nSPS) is 11.6. The highest BCUT2D eigenvalue weighted by Crippen LogP contribution is 2.07. The zero-order valence-electron chi connectivity index (χ0n) is 11.8. The van der Waals surface area contributed by atoms with Gasteiger partial charge in [-0.05, 0) is 13.0 Å². The zero-order chi connectivity index (χ0) is 14.2. The first-order valence-electron chi connectivity index (χ1n) is 6.61. The van der Waals surface area contributed by atoms with Crippen molar-refractivity contribution in [3.05, 3.63) is 34.5 Å². The first-order chi connectivity index (χ1) is 9.78. The summed E-state index contributed by atoms with van der Waals surface area (Å²) in [6.07, 6.45) is 4.63. The van der Waals surface area contributed by atoms with Crippen molar-refractivity contribution < 1.29 is 0 Å². The number of nitrogens with zero attached hydrogens (tertiary/aromatic N) is 4. The summed E-state index contributed by atoms with van der Waals surface area (Å²) in [6, 6.07) is 1.92. The second-order valence-corrected chi connectivity index (χ2v) is 5.36. The molecular formula is C13H20N6S. The van der Waals surface area contributed by atoms with Crippen molar-refractivity contribution in [2.45, 2.75) is 19.9 Å². The number of rotatable bonds is 6. The van der Waals surface area contributed by atoms with E-state index < -0.39 is 0 Å². The number of nitrogens with one attached hydrogen (secondary N) is 2. The van der Waals surface area contributed by atoms with Gasteiger partial charge in [-0.15, -0.1) is 11.3 Å². The van der Waals surface area contributed by atoms with Crippen LogP contribution in [-0.4, -0.2) is 40.9 Å². The van der Waals surface area contributed by atoms with Gasteiger partial charge in [0, 0.05) is 44.3 Å². The van der Waals surface area contributed by atoms with Gasteiger partial charge in [0.05, 0.1) is 17.2 Å². The smallest absolute Gasteiger partial charge is 0.191 e. The van der Waals surface area contributed by atoms with Crippen molar-refractivity contribution in [1.29, 1.82) is 0 Å². The predicted octanol–water partition coefficient (Wildman–Crippen LogP) is 1.06. The second-order valence-electron chi connectivity index (χ2n) is 4.30. The third kappa shape index (κ3) is 4.65. The highest BCUT2D eigenvalue weighted by atomic mass is 32.1. The largest absolute Gasteiger partial charge is 0.356 e. The van der Waals surface area contributed by atoms with Gasteiger partial charge >= 0.3 is 0 Å². The van der Waals surface area contributed by atoms with Gasteiger partial charge in [-0.25, -0.2) is 4.98 Å². The van der Waals surface area contributed by atoms with Crippen molar-refractivity contribution in [3.8, 4) is 0 Å². The van der Waals surface area contributed by atoms with E-state index in [0.29, 0.717) is 0 Å². The number of thiazole rings is 1. The minimum absolute atomic E-state index is 0.789. The Morgan fingerprint density at radius 3 is 2.90 bits per heavy atom.